The molecule has 2 aliphatic heterocycles. The lowest BCUT2D eigenvalue weighted by Crippen LogP contribution is -2.69. The van der Waals surface area contributed by atoms with E-state index in [4.69, 9.17) is 15.5 Å². The average Bonchev–Trinajstić information content (AvgIpc) is 3.86. The molecule has 3 saturated carbocycles. The predicted molar refractivity (Wildman–Crippen MR) is 203 cm³/mol. The Morgan fingerprint density at radius 1 is 1.09 bits per heavy atom. The number of nitrogens with two attached hydrogens (primary N) is 1. The lowest BCUT2D eigenvalue weighted by atomic mass is 9.42. The molecule has 5 aliphatic rings. The number of carbonyl (C=O) groups is 3. The minimum atomic E-state index is -1.10. The number of imidazole rings is 1. The monoisotopic (exact) mass is 748 g/mol. The Morgan fingerprint density at radius 2 is 1.83 bits per heavy atom. The van der Waals surface area contributed by atoms with E-state index in [-0.39, 0.29) is 36.6 Å². The summed E-state index contributed by atoms with van der Waals surface area (Å²) in [6, 6.07) is 0.111. The number of aromatic nitrogens is 4. The Bertz CT molecular complexity index is 1790. The number of rotatable bonds is 9. The van der Waals surface area contributed by atoms with Crippen LogP contribution in [0.25, 0.3) is 11.2 Å². The fourth-order valence-electron chi connectivity index (χ4n) is 11.1. The number of Topliss-reactive ketones (excluding diaryl/α,β-unsaturated/α-hetero) is 1. The first kappa shape index (κ1) is 38.8. The highest BCUT2D eigenvalue weighted by Gasteiger charge is 2.72. The van der Waals surface area contributed by atoms with Gasteiger partial charge in [0, 0.05) is 87.9 Å². The molecule has 54 heavy (non-hydrogen) atoms. The highest BCUT2D eigenvalue weighted by atomic mass is 16.6. The van der Waals surface area contributed by atoms with Gasteiger partial charge in [-0.05, 0) is 50.4 Å². The number of aliphatic hydroxyl groups is 2. The first-order valence-electron chi connectivity index (χ1n) is 20.1. The van der Waals surface area contributed by atoms with Crippen molar-refractivity contribution in [3.8, 4) is 0 Å². The van der Waals surface area contributed by atoms with Crippen LogP contribution in [-0.2, 0) is 32.1 Å². The summed E-state index contributed by atoms with van der Waals surface area (Å²) < 4.78 is 8.45. The van der Waals surface area contributed by atoms with Crippen molar-refractivity contribution in [2.24, 2.45) is 33.8 Å². The van der Waals surface area contributed by atoms with E-state index < -0.39 is 45.9 Å². The van der Waals surface area contributed by atoms with Gasteiger partial charge in [-0.15, -0.1) is 6.58 Å². The predicted octanol–water partition coefficient (Wildman–Crippen LogP) is 2.48. The SMILES string of the molecule is C=CC1(C)CC(O)C2(C)C3C(=O)CCC3(CCC2(C)OC(=O)CN2CCN(C(=O)CCn3c(CC)nc4c(N5CCC(N)C5)ncnc43)CC2)C(C)C1O. The number of aryl methyl sites for hydroxylation is 2. The van der Waals surface area contributed by atoms with Gasteiger partial charge in [-0.3, -0.25) is 19.3 Å². The third kappa shape index (κ3) is 6.15. The summed E-state index contributed by atoms with van der Waals surface area (Å²) in [6.45, 7) is 17.9. The maximum absolute atomic E-state index is 13.8. The number of aliphatic hydroxyl groups excluding tert-OH is 2. The number of hydrogen-bond donors (Lipinski definition) is 3. The van der Waals surface area contributed by atoms with Crippen molar-refractivity contribution in [2.75, 3.05) is 50.7 Å². The van der Waals surface area contributed by atoms with Crippen LogP contribution in [0.5, 0.6) is 0 Å². The van der Waals surface area contributed by atoms with E-state index in [0.717, 1.165) is 42.3 Å². The molecule has 0 radical (unpaired) electrons. The molecule has 0 spiro atoms. The van der Waals surface area contributed by atoms with E-state index in [0.29, 0.717) is 71.2 Å². The third-order valence-electron chi connectivity index (χ3n) is 14.8. The first-order valence-corrected chi connectivity index (χ1v) is 20.1. The highest BCUT2D eigenvalue weighted by molar-refractivity contribution is 5.86. The minimum Gasteiger partial charge on any atom is -0.458 e. The van der Waals surface area contributed by atoms with Crippen LogP contribution in [0.4, 0.5) is 5.82 Å². The van der Waals surface area contributed by atoms with Gasteiger partial charge >= 0.3 is 5.97 Å². The van der Waals surface area contributed by atoms with E-state index in [2.05, 4.69) is 21.4 Å². The molecule has 0 aromatic carbocycles. The maximum atomic E-state index is 13.8. The summed E-state index contributed by atoms with van der Waals surface area (Å²) in [7, 11) is 0. The number of anilines is 1. The van der Waals surface area contributed by atoms with Gasteiger partial charge in [-0.1, -0.05) is 33.8 Å². The zero-order valence-electron chi connectivity index (χ0n) is 32.8. The molecule has 14 nitrogen and oxygen atoms in total. The minimum absolute atomic E-state index is 0.0393. The van der Waals surface area contributed by atoms with Crippen LogP contribution >= 0.6 is 0 Å². The third-order valence-corrected chi connectivity index (χ3v) is 14.8. The Labute approximate surface area is 318 Å². The number of esters is 1. The van der Waals surface area contributed by atoms with E-state index in [1.54, 1.807) is 12.4 Å². The quantitative estimate of drug-likeness (QED) is 0.252. The molecule has 14 heteroatoms. The second-order valence-corrected chi connectivity index (χ2v) is 17.6. The molecule has 296 valence electrons. The molecule has 4 N–H and O–H groups in total. The number of ether oxygens (including phenoxy) is 1. The Balaban J connectivity index is 0.982. The molecule has 2 aromatic rings. The van der Waals surface area contributed by atoms with Gasteiger partial charge in [0.25, 0.3) is 0 Å². The number of fused-ring (bicyclic) bond motifs is 1. The van der Waals surface area contributed by atoms with E-state index >= 15 is 0 Å². The molecule has 4 heterocycles. The highest BCUT2D eigenvalue weighted by Crippen LogP contribution is 2.69. The fourth-order valence-corrected chi connectivity index (χ4v) is 11.1. The smallest absolute Gasteiger partial charge is 0.320 e. The maximum Gasteiger partial charge on any atom is 0.320 e. The lowest BCUT2D eigenvalue weighted by Gasteiger charge is -2.64. The van der Waals surface area contributed by atoms with E-state index in [9.17, 15) is 24.6 Å². The molecule has 2 aromatic heterocycles. The van der Waals surface area contributed by atoms with Crippen LogP contribution in [-0.4, -0.2) is 127 Å². The number of amides is 1. The molecule has 9 atom stereocenters. The molecule has 3 aliphatic carbocycles. The standard InChI is InChI=1S/C40H60N8O6/c1-7-29-44-32-35(47-15-10-26(41)22-47)42-24-43-36(32)48(29)16-11-30(51)46-19-17-45(18-20-46)23-31(52)54-38(5)13-14-40-12-9-27(49)33(40)39(38,6)28(50)21-37(4,8-2)34(53)25(40)3/h8,24-26,28,33-34,50,53H,2,7,9-23,41H2,1,3-6H3. The van der Waals surface area contributed by atoms with Gasteiger partial charge in [0.2, 0.25) is 5.91 Å². The van der Waals surface area contributed by atoms with Crippen molar-refractivity contribution < 1.29 is 29.3 Å². The first-order chi connectivity index (χ1) is 25.6. The number of nitrogens with zero attached hydrogens (tertiary/aromatic N) is 7. The molecular weight excluding hydrogens is 688 g/mol. The van der Waals surface area contributed by atoms with Crippen molar-refractivity contribution in [3.63, 3.8) is 0 Å². The lowest BCUT2D eigenvalue weighted by molar-refractivity contribution is -0.252. The van der Waals surface area contributed by atoms with Gasteiger partial charge in [0.15, 0.2) is 17.0 Å². The molecule has 7 rings (SSSR count). The second kappa shape index (κ2) is 14.2. The Morgan fingerprint density at radius 3 is 2.50 bits per heavy atom. The summed E-state index contributed by atoms with van der Waals surface area (Å²) in [4.78, 5) is 61.0. The fraction of sp³-hybridized carbons (Fsp3) is 0.750. The molecule has 5 fully saturated rings. The normalized spacial score (nSPS) is 37.3. The summed E-state index contributed by atoms with van der Waals surface area (Å²) >= 11 is 0. The summed E-state index contributed by atoms with van der Waals surface area (Å²) in [5.74, 6) is 0.644. The summed E-state index contributed by atoms with van der Waals surface area (Å²) in [6.07, 6.45) is 5.80. The van der Waals surface area contributed by atoms with Gasteiger partial charge < -0.3 is 35.1 Å². The van der Waals surface area contributed by atoms with Crippen molar-refractivity contribution in [2.45, 2.75) is 116 Å². The zero-order valence-corrected chi connectivity index (χ0v) is 32.8. The number of carbonyl (C=O) groups excluding carboxylic acids is 3. The van der Waals surface area contributed by atoms with Gasteiger partial charge in [-0.2, -0.15) is 0 Å². The number of ketones is 1. The van der Waals surface area contributed by atoms with Gasteiger partial charge in [-0.25, -0.2) is 15.0 Å². The summed E-state index contributed by atoms with van der Waals surface area (Å²) in [5.41, 5.74) is 4.23. The van der Waals surface area contributed by atoms with Crippen LogP contribution in [0.2, 0.25) is 0 Å². The number of piperazine rings is 1. The van der Waals surface area contributed by atoms with Crippen LogP contribution in [0.3, 0.4) is 0 Å². The van der Waals surface area contributed by atoms with Crippen LogP contribution in [0.15, 0.2) is 19.0 Å². The molecule has 2 bridgehead atoms. The molecular formula is C40H60N8O6. The average molecular weight is 749 g/mol. The molecule has 9 unspecified atom stereocenters. The second-order valence-electron chi connectivity index (χ2n) is 17.6. The van der Waals surface area contributed by atoms with Gasteiger partial charge in [0.1, 0.15) is 23.5 Å². The Hall–Kier alpha value is -3.46. The van der Waals surface area contributed by atoms with Crippen LogP contribution in [0.1, 0.15) is 85.4 Å². The van der Waals surface area contributed by atoms with Crippen molar-refractivity contribution in [1.29, 1.82) is 0 Å². The molecule has 1 amide bonds. The van der Waals surface area contributed by atoms with Crippen molar-refractivity contribution in [3.05, 3.63) is 24.8 Å². The van der Waals surface area contributed by atoms with E-state index in [1.165, 1.54) is 0 Å². The van der Waals surface area contributed by atoms with Crippen molar-refractivity contribution in [1.82, 2.24) is 29.3 Å². The van der Waals surface area contributed by atoms with Crippen molar-refractivity contribution >= 4 is 34.6 Å². The topological polar surface area (TPSA) is 180 Å². The van der Waals surface area contributed by atoms with Crippen LogP contribution < -0.4 is 10.6 Å². The summed E-state index contributed by atoms with van der Waals surface area (Å²) in [5, 5.41) is 23.7. The van der Waals surface area contributed by atoms with Gasteiger partial charge in [0.05, 0.1) is 18.8 Å². The van der Waals surface area contributed by atoms with Crippen LogP contribution in [0, 0.1) is 28.1 Å². The zero-order chi connectivity index (χ0) is 38.8. The Kier molecular flexibility index (Phi) is 10.2. The largest absolute Gasteiger partial charge is 0.458 e. The van der Waals surface area contributed by atoms with E-state index in [1.807, 2.05) is 49.0 Å². The number of hydrogen-bond acceptors (Lipinski definition) is 12. The molecule has 2 saturated heterocycles.